The lowest BCUT2D eigenvalue weighted by molar-refractivity contribution is -0.152. The van der Waals surface area contributed by atoms with Gasteiger partial charge < -0.3 is 19.3 Å². The second-order valence-electron chi connectivity index (χ2n) is 6.14. The maximum Gasteiger partial charge on any atom is 0.410 e. The van der Waals surface area contributed by atoms with Gasteiger partial charge >= 0.3 is 12.1 Å². The summed E-state index contributed by atoms with van der Waals surface area (Å²) in [6.07, 6.45) is -0.374. The van der Waals surface area contributed by atoms with Crippen molar-refractivity contribution in [2.24, 2.45) is 0 Å². The highest BCUT2D eigenvalue weighted by Gasteiger charge is 2.32. The molecule has 120 valence electrons. The summed E-state index contributed by atoms with van der Waals surface area (Å²) in [4.78, 5) is 37.8. The van der Waals surface area contributed by atoms with Gasteiger partial charge in [0.2, 0.25) is 0 Å². The Labute approximate surface area is 125 Å². The van der Waals surface area contributed by atoms with E-state index in [2.05, 4.69) is 0 Å². The van der Waals surface area contributed by atoms with Crippen molar-refractivity contribution < 1.29 is 23.9 Å². The summed E-state index contributed by atoms with van der Waals surface area (Å²) >= 11 is 0. The van der Waals surface area contributed by atoms with E-state index >= 15 is 0 Å². The Morgan fingerprint density at radius 2 is 1.81 bits per heavy atom. The molecule has 0 radical (unpaired) electrons. The van der Waals surface area contributed by atoms with Gasteiger partial charge in [-0.2, -0.15) is 0 Å². The van der Waals surface area contributed by atoms with Gasteiger partial charge in [0.1, 0.15) is 5.60 Å². The van der Waals surface area contributed by atoms with Gasteiger partial charge in [-0.25, -0.2) is 4.79 Å². The Bertz CT molecular complexity index is 416. The zero-order valence-corrected chi connectivity index (χ0v) is 13.3. The molecule has 0 N–H and O–H groups in total. The molecule has 1 saturated heterocycles. The minimum atomic E-state index is -0.539. The molecule has 1 aliphatic heterocycles. The number of hydrogen-bond acceptors (Lipinski definition) is 5. The van der Waals surface area contributed by atoms with E-state index < -0.39 is 11.6 Å². The first-order chi connectivity index (χ1) is 9.60. The predicted molar refractivity (Wildman–Crippen MR) is 75.6 cm³/mol. The van der Waals surface area contributed by atoms with Crippen LogP contribution in [0.3, 0.4) is 0 Å². The van der Waals surface area contributed by atoms with E-state index in [4.69, 9.17) is 9.47 Å². The second kappa shape index (κ2) is 6.78. The summed E-state index contributed by atoms with van der Waals surface area (Å²) in [5.74, 6) is -0.732. The molecular weight excluding hydrogens is 276 g/mol. The van der Waals surface area contributed by atoms with Crippen LogP contribution in [0.4, 0.5) is 4.79 Å². The predicted octanol–water partition coefficient (Wildman–Crippen LogP) is 1.02. The molecule has 1 heterocycles. The first kappa shape index (κ1) is 17.3. The molecule has 0 bridgehead atoms. The fraction of sp³-hybridized carbons (Fsp3) is 0.786. The van der Waals surface area contributed by atoms with Crippen LogP contribution in [0, 0.1) is 0 Å². The van der Waals surface area contributed by atoms with E-state index in [1.807, 2.05) is 27.7 Å². The van der Waals surface area contributed by atoms with E-state index in [1.165, 1.54) is 6.92 Å². The highest BCUT2D eigenvalue weighted by molar-refractivity contribution is 5.80. The quantitative estimate of drug-likeness (QED) is 0.712. The number of hydrogen-bond donors (Lipinski definition) is 0. The Morgan fingerprint density at radius 1 is 1.19 bits per heavy atom. The standard InChI is InChI=1S/C14H24N2O5/c1-10-8-15(13(19)21-14(3,4)5)6-7-16(10)12(18)9-20-11(2)17/h10H,6-9H2,1-5H3. The number of nitrogens with zero attached hydrogens (tertiary/aromatic N) is 2. The van der Waals surface area contributed by atoms with Crippen molar-refractivity contribution in [2.75, 3.05) is 26.2 Å². The molecule has 0 aromatic heterocycles. The van der Waals surface area contributed by atoms with Crippen molar-refractivity contribution in [3.8, 4) is 0 Å². The normalized spacial score (nSPS) is 19.2. The molecule has 0 aliphatic carbocycles. The van der Waals surface area contributed by atoms with Crippen molar-refractivity contribution in [2.45, 2.75) is 46.3 Å². The molecule has 2 amide bonds. The number of carbonyl (C=O) groups excluding carboxylic acids is 3. The average molecular weight is 300 g/mol. The molecular formula is C14H24N2O5. The number of carbonyl (C=O) groups is 3. The van der Waals surface area contributed by atoms with Gasteiger partial charge in [-0.1, -0.05) is 0 Å². The number of amides is 2. The lowest BCUT2D eigenvalue weighted by Crippen LogP contribution is -2.56. The highest BCUT2D eigenvalue weighted by Crippen LogP contribution is 2.15. The van der Waals surface area contributed by atoms with Gasteiger partial charge in [-0.15, -0.1) is 0 Å². The SMILES string of the molecule is CC(=O)OCC(=O)N1CCN(C(=O)OC(C)(C)C)CC1C. The number of rotatable bonds is 2. The summed E-state index contributed by atoms with van der Waals surface area (Å²) < 4.78 is 10.0. The summed E-state index contributed by atoms with van der Waals surface area (Å²) in [5.41, 5.74) is -0.539. The average Bonchev–Trinajstić information content (AvgIpc) is 2.33. The van der Waals surface area contributed by atoms with Crippen LogP contribution in [0.25, 0.3) is 0 Å². The van der Waals surface area contributed by atoms with Gasteiger partial charge in [-0.05, 0) is 27.7 Å². The van der Waals surface area contributed by atoms with Crippen LogP contribution in [-0.2, 0) is 19.1 Å². The Hall–Kier alpha value is -1.79. The minimum Gasteiger partial charge on any atom is -0.456 e. The molecule has 0 spiro atoms. The molecule has 7 nitrogen and oxygen atoms in total. The Balaban J connectivity index is 2.52. The summed E-state index contributed by atoms with van der Waals surface area (Å²) in [6, 6.07) is -0.144. The van der Waals surface area contributed by atoms with Crippen LogP contribution in [0.15, 0.2) is 0 Å². The van der Waals surface area contributed by atoms with Crippen LogP contribution in [0.1, 0.15) is 34.6 Å². The minimum absolute atomic E-state index is 0.144. The molecule has 1 rings (SSSR count). The maximum absolute atomic E-state index is 12.0. The summed E-state index contributed by atoms with van der Waals surface area (Å²) in [5, 5.41) is 0. The van der Waals surface area contributed by atoms with E-state index in [0.717, 1.165) is 0 Å². The maximum atomic E-state index is 12.0. The van der Waals surface area contributed by atoms with E-state index in [0.29, 0.717) is 19.6 Å². The van der Waals surface area contributed by atoms with Gasteiger partial charge in [0.25, 0.3) is 5.91 Å². The molecule has 0 saturated carbocycles. The summed E-state index contributed by atoms with van der Waals surface area (Å²) in [7, 11) is 0. The molecule has 1 aliphatic rings. The van der Waals surface area contributed by atoms with Crippen molar-refractivity contribution in [1.29, 1.82) is 0 Å². The fourth-order valence-corrected chi connectivity index (χ4v) is 2.07. The third kappa shape index (κ3) is 5.61. The first-order valence-electron chi connectivity index (χ1n) is 7.01. The third-order valence-corrected chi connectivity index (χ3v) is 3.00. The van der Waals surface area contributed by atoms with Gasteiger partial charge in [0.05, 0.1) is 0 Å². The van der Waals surface area contributed by atoms with Gasteiger partial charge in [0.15, 0.2) is 6.61 Å². The van der Waals surface area contributed by atoms with Crippen molar-refractivity contribution >= 4 is 18.0 Å². The zero-order valence-electron chi connectivity index (χ0n) is 13.3. The van der Waals surface area contributed by atoms with Crippen LogP contribution in [-0.4, -0.2) is 65.7 Å². The number of esters is 1. The molecule has 0 aromatic carbocycles. The highest BCUT2D eigenvalue weighted by atomic mass is 16.6. The second-order valence-corrected chi connectivity index (χ2v) is 6.14. The molecule has 1 atom stereocenters. The lowest BCUT2D eigenvalue weighted by atomic mass is 10.2. The largest absolute Gasteiger partial charge is 0.456 e. The summed E-state index contributed by atoms with van der Waals surface area (Å²) in [6.45, 7) is 9.51. The fourth-order valence-electron chi connectivity index (χ4n) is 2.07. The monoisotopic (exact) mass is 300 g/mol. The molecule has 1 fully saturated rings. The van der Waals surface area contributed by atoms with Gasteiger partial charge in [-0.3, -0.25) is 9.59 Å². The Morgan fingerprint density at radius 3 is 2.29 bits per heavy atom. The van der Waals surface area contributed by atoms with Crippen LogP contribution in [0.2, 0.25) is 0 Å². The van der Waals surface area contributed by atoms with Crippen molar-refractivity contribution in [3.63, 3.8) is 0 Å². The van der Waals surface area contributed by atoms with Crippen molar-refractivity contribution in [3.05, 3.63) is 0 Å². The number of ether oxygens (including phenoxy) is 2. The Kier molecular flexibility index (Phi) is 5.57. The molecule has 1 unspecified atom stereocenters. The van der Waals surface area contributed by atoms with E-state index in [9.17, 15) is 14.4 Å². The molecule has 0 aromatic rings. The van der Waals surface area contributed by atoms with E-state index in [-0.39, 0.29) is 24.6 Å². The zero-order chi connectivity index (χ0) is 16.2. The van der Waals surface area contributed by atoms with Crippen LogP contribution < -0.4 is 0 Å². The van der Waals surface area contributed by atoms with Crippen LogP contribution >= 0.6 is 0 Å². The third-order valence-electron chi connectivity index (χ3n) is 3.00. The van der Waals surface area contributed by atoms with Crippen LogP contribution in [0.5, 0.6) is 0 Å². The van der Waals surface area contributed by atoms with Crippen molar-refractivity contribution in [1.82, 2.24) is 9.80 Å². The number of piperazine rings is 1. The lowest BCUT2D eigenvalue weighted by Gasteiger charge is -2.40. The molecule has 21 heavy (non-hydrogen) atoms. The topological polar surface area (TPSA) is 76.2 Å². The molecule has 7 heteroatoms. The van der Waals surface area contributed by atoms with Gasteiger partial charge in [0, 0.05) is 32.6 Å². The smallest absolute Gasteiger partial charge is 0.410 e. The van der Waals surface area contributed by atoms with E-state index in [1.54, 1.807) is 9.80 Å². The first-order valence-corrected chi connectivity index (χ1v) is 7.01.